The van der Waals surface area contributed by atoms with Gasteiger partial charge in [0.1, 0.15) is 0 Å². The van der Waals surface area contributed by atoms with E-state index in [1.807, 2.05) is 0 Å². The molecule has 0 bridgehead atoms. The minimum atomic E-state index is -0.0671. The van der Waals surface area contributed by atoms with Gasteiger partial charge in [-0.2, -0.15) is 0 Å². The summed E-state index contributed by atoms with van der Waals surface area (Å²) in [7, 11) is 0. The summed E-state index contributed by atoms with van der Waals surface area (Å²) in [6.45, 7) is 4.69. The largest absolute Gasteiger partial charge is 0.310 e. The van der Waals surface area contributed by atoms with Crippen LogP contribution in [0.15, 0.2) is 285 Å². The molecule has 0 aliphatic heterocycles. The van der Waals surface area contributed by atoms with Crippen molar-refractivity contribution in [1.29, 1.82) is 0 Å². The van der Waals surface area contributed by atoms with Crippen LogP contribution in [-0.2, 0) is 5.41 Å². The first-order valence-electron chi connectivity index (χ1n) is 27.1. The number of hydrogen-bond donors (Lipinski definition) is 0. The first-order chi connectivity index (χ1) is 38.4. The molecule has 0 atom stereocenters. The monoisotopic (exact) mass is 995 g/mol. The summed E-state index contributed by atoms with van der Waals surface area (Å²) in [5.74, 6) is 0. The van der Waals surface area contributed by atoms with E-state index in [4.69, 9.17) is 0 Å². The maximum Gasteiger partial charge on any atom is 0.0547 e. The van der Waals surface area contributed by atoms with Crippen LogP contribution in [0, 0.1) is 0 Å². The summed E-state index contributed by atoms with van der Waals surface area (Å²) in [6, 6.07) is 105. The van der Waals surface area contributed by atoms with E-state index in [0.29, 0.717) is 0 Å². The van der Waals surface area contributed by atoms with Crippen LogP contribution in [0.25, 0.3) is 111 Å². The number of aromatic nitrogens is 2. The summed E-state index contributed by atoms with van der Waals surface area (Å²) < 4.78 is 4.85. The summed E-state index contributed by atoms with van der Waals surface area (Å²) in [5, 5.41) is 4.95. The van der Waals surface area contributed by atoms with Crippen molar-refractivity contribution >= 4 is 60.7 Å². The molecule has 3 nitrogen and oxygen atoms in total. The molecular weight excluding hydrogens is 943 g/mol. The zero-order valence-corrected chi connectivity index (χ0v) is 43.5. The number of benzene rings is 12. The molecule has 0 unspecified atom stereocenters. The van der Waals surface area contributed by atoms with Crippen molar-refractivity contribution in [2.75, 3.05) is 4.90 Å². The molecule has 78 heavy (non-hydrogen) atoms. The molecule has 15 rings (SSSR count). The lowest BCUT2D eigenvalue weighted by atomic mass is 9.82. The highest BCUT2D eigenvalue weighted by molar-refractivity contribution is 6.12. The van der Waals surface area contributed by atoms with Gasteiger partial charge in [0.2, 0.25) is 0 Å². The van der Waals surface area contributed by atoms with Crippen LogP contribution in [0.3, 0.4) is 0 Å². The molecule has 0 radical (unpaired) electrons. The van der Waals surface area contributed by atoms with E-state index in [1.165, 1.54) is 77.0 Å². The molecular formula is C75H53N3. The third kappa shape index (κ3) is 7.42. The van der Waals surface area contributed by atoms with E-state index in [1.54, 1.807) is 0 Å². The van der Waals surface area contributed by atoms with Crippen LogP contribution in [0.1, 0.15) is 25.0 Å². The minimum absolute atomic E-state index is 0.0671. The Labute approximate surface area is 454 Å². The third-order valence-electron chi connectivity index (χ3n) is 16.5. The number of nitrogens with zero attached hydrogens (tertiary/aromatic N) is 3. The zero-order chi connectivity index (χ0) is 51.9. The molecule has 0 amide bonds. The van der Waals surface area contributed by atoms with E-state index < -0.39 is 0 Å². The van der Waals surface area contributed by atoms with Gasteiger partial charge in [0.25, 0.3) is 0 Å². The molecule has 3 heteroatoms. The Bertz CT molecular complexity index is 4600. The number of rotatable bonds is 9. The highest BCUT2D eigenvalue weighted by atomic mass is 15.1. The fourth-order valence-corrected chi connectivity index (χ4v) is 12.7. The van der Waals surface area contributed by atoms with E-state index in [9.17, 15) is 0 Å². The lowest BCUT2D eigenvalue weighted by molar-refractivity contribution is 0.660. The van der Waals surface area contributed by atoms with Crippen molar-refractivity contribution in [1.82, 2.24) is 9.13 Å². The van der Waals surface area contributed by atoms with Gasteiger partial charge in [-0.3, -0.25) is 0 Å². The van der Waals surface area contributed by atoms with Gasteiger partial charge in [-0.05, 0) is 170 Å². The Morgan fingerprint density at radius 2 is 0.667 bits per heavy atom. The smallest absolute Gasteiger partial charge is 0.0547 e. The molecule has 12 aromatic carbocycles. The number of hydrogen-bond acceptors (Lipinski definition) is 1. The lowest BCUT2D eigenvalue weighted by Gasteiger charge is -2.27. The van der Waals surface area contributed by atoms with Crippen LogP contribution in [0.4, 0.5) is 17.1 Å². The summed E-state index contributed by atoms with van der Waals surface area (Å²) in [6.07, 6.45) is 0. The molecule has 1 aliphatic carbocycles. The van der Waals surface area contributed by atoms with Gasteiger partial charge in [0, 0.05) is 55.4 Å². The van der Waals surface area contributed by atoms with Crippen LogP contribution < -0.4 is 4.90 Å². The molecule has 14 aromatic rings. The third-order valence-corrected chi connectivity index (χ3v) is 16.5. The Balaban J connectivity index is 0.893. The molecule has 0 fully saturated rings. The number of fused-ring (bicyclic) bond motifs is 9. The van der Waals surface area contributed by atoms with E-state index in [2.05, 4.69) is 313 Å². The van der Waals surface area contributed by atoms with Crippen LogP contribution >= 0.6 is 0 Å². The molecule has 2 heterocycles. The van der Waals surface area contributed by atoms with Crippen LogP contribution in [0.5, 0.6) is 0 Å². The Hall–Kier alpha value is -9.96. The SMILES string of the molecule is CC1(C)c2ccccc2-c2cc(N(c3ccccc3)c3ccc(-c4cc(-c5ccc6c7ccccc7n(-c7ccccc7)c6c5)cc(-c5ccc6c7ccccc7n(-c7ccc(-c8ccccc8)cc7)c6c5)c4)cc3)ccc21. The lowest BCUT2D eigenvalue weighted by Crippen LogP contribution is -2.15. The van der Waals surface area contributed by atoms with Crippen molar-refractivity contribution in [3.63, 3.8) is 0 Å². The van der Waals surface area contributed by atoms with Crippen molar-refractivity contribution in [2.45, 2.75) is 19.3 Å². The maximum absolute atomic E-state index is 2.43. The van der Waals surface area contributed by atoms with Gasteiger partial charge in [0.15, 0.2) is 0 Å². The van der Waals surface area contributed by atoms with E-state index in [0.717, 1.165) is 61.8 Å². The van der Waals surface area contributed by atoms with Gasteiger partial charge >= 0.3 is 0 Å². The van der Waals surface area contributed by atoms with Crippen molar-refractivity contribution in [2.24, 2.45) is 0 Å². The predicted molar refractivity (Wildman–Crippen MR) is 329 cm³/mol. The normalized spacial score (nSPS) is 12.6. The van der Waals surface area contributed by atoms with Gasteiger partial charge in [-0.1, -0.05) is 196 Å². The highest BCUT2D eigenvalue weighted by Crippen LogP contribution is 2.51. The maximum atomic E-state index is 2.43. The number of anilines is 3. The van der Waals surface area contributed by atoms with Crippen LogP contribution in [0.2, 0.25) is 0 Å². The standard InChI is InChI=1S/C75H53N3/c1-75(2)69-27-15-12-24-63(69)68-49-62(40-43-70(68)75)76(58-20-8-4-9-21-58)60-36-32-52(33-37-60)55-44-56(53-34-41-66-64-25-13-16-28-71(64)77(73(66)47-53)59-22-10-5-11-23-59)46-57(45-55)54-35-42-67-65-26-14-17-29-72(65)78(74(67)48-54)61-38-30-51(31-39-61)50-18-6-3-7-19-50/h3-49H,1-2H3. The Kier molecular flexibility index (Phi) is 10.6. The average molecular weight is 996 g/mol. The topological polar surface area (TPSA) is 13.1 Å². The van der Waals surface area contributed by atoms with Crippen molar-refractivity contribution in [3.8, 4) is 67.0 Å². The molecule has 1 aliphatic rings. The van der Waals surface area contributed by atoms with E-state index in [-0.39, 0.29) is 5.41 Å². The van der Waals surface area contributed by atoms with E-state index >= 15 is 0 Å². The predicted octanol–water partition coefficient (Wildman–Crippen LogP) is 20.3. The molecule has 0 N–H and O–H groups in total. The number of para-hydroxylation sites is 4. The van der Waals surface area contributed by atoms with Crippen molar-refractivity contribution in [3.05, 3.63) is 296 Å². The van der Waals surface area contributed by atoms with Gasteiger partial charge in [0.05, 0.1) is 22.1 Å². The average Bonchev–Trinajstić information content (AvgIpc) is 4.32. The fourth-order valence-electron chi connectivity index (χ4n) is 12.7. The minimum Gasteiger partial charge on any atom is -0.310 e. The second-order valence-corrected chi connectivity index (χ2v) is 21.3. The summed E-state index contributed by atoms with van der Waals surface area (Å²) in [5.41, 5.74) is 25.0. The van der Waals surface area contributed by atoms with Crippen molar-refractivity contribution < 1.29 is 0 Å². The van der Waals surface area contributed by atoms with Crippen LogP contribution in [-0.4, -0.2) is 9.13 Å². The first-order valence-corrected chi connectivity index (χ1v) is 27.1. The summed E-state index contributed by atoms with van der Waals surface area (Å²) >= 11 is 0. The quantitative estimate of drug-likeness (QED) is 0.140. The molecule has 0 saturated heterocycles. The molecule has 0 saturated carbocycles. The molecule has 2 aromatic heterocycles. The zero-order valence-electron chi connectivity index (χ0n) is 43.5. The summed E-state index contributed by atoms with van der Waals surface area (Å²) in [4.78, 5) is 2.39. The van der Waals surface area contributed by atoms with Gasteiger partial charge in [-0.25, -0.2) is 0 Å². The van der Waals surface area contributed by atoms with Gasteiger partial charge < -0.3 is 14.0 Å². The molecule has 368 valence electrons. The fraction of sp³-hybridized carbons (Fsp3) is 0.0400. The Morgan fingerprint density at radius 3 is 1.28 bits per heavy atom. The Morgan fingerprint density at radius 1 is 0.256 bits per heavy atom. The first kappa shape index (κ1) is 45.4. The second-order valence-electron chi connectivity index (χ2n) is 21.3. The van der Waals surface area contributed by atoms with Gasteiger partial charge in [-0.15, -0.1) is 0 Å². The molecule has 0 spiro atoms. The highest BCUT2D eigenvalue weighted by Gasteiger charge is 2.35. The second kappa shape index (κ2) is 18.1.